The molecule has 0 aliphatic heterocycles. The van der Waals surface area contributed by atoms with Crippen molar-refractivity contribution in [2.45, 2.75) is 38.5 Å². The highest BCUT2D eigenvalue weighted by atomic mass is 79.9. The number of hydrogen-bond acceptors (Lipinski definition) is 2. The number of rotatable bonds is 9. The van der Waals surface area contributed by atoms with Gasteiger partial charge >= 0.3 is 0 Å². The molecule has 0 fully saturated rings. The van der Waals surface area contributed by atoms with E-state index in [1.165, 1.54) is 0 Å². The molecule has 0 atom stereocenters. The fourth-order valence-corrected chi connectivity index (χ4v) is 1.69. The van der Waals surface area contributed by atoms with Gasteiger partial charge in [-0.3, -0.25) is 9.59 Å². The van der Waals surface area contributed by atoms with Crippen LogP contribution in [-0.4, -0.2) is 22.2 Å². The molecule has 0 aliphatic carbocycles. The Morgan fingerprint density at radius 1 is 0.714 bits per heavy atom. The predicted molar refractivity (Wildman–Crippen MR) is 65.3 cm³/mol. The van der Waals surface area contributed by atoms with E-state index in [-0.39, 0.29) is 11.6 Å². The second kappa shape index (κ2) is 9.84. The van der Waals surface area contributed by atoms with Crippen molar-refractivity contribution in [3.8, 4) is 0 Å². The third-order valence-corrected chi connectivity index (χ3v) is 3.21. The van der Waals surface area contributed by atoms with Crippen molar-refractivity contribution in [1.82, 2.24) is 0 Å². The fourth-order valence-electron chi connectivity index (χ4n) is 1.13. The third kappa shape index (κ3) is 8.88. The van der Waals surface area contributed by atoms with Crippen molar-refractivity contribution in [2.75, 3.05) is 10.7 Å². The summed E-state index contributed by atoms with van der Waals surface area (Å²) in [5, 5.41) is 0.935. The van der Waals surface area contributed by atoms with Crippen LogP contribution in [0.4, 0.5) is 0 Å². The van der Waals surface area contributed by atoms with Gasteiger partial charge < -0.3 is 0 Å². The molecule has 0 saturated carbocycles. The van der Waals surface area contributed by atoms with Crippen LogP contribution in [0.25, 0.3) is 0 Å². The number of halogens is 2. The lowest BCUT2D eigenvalue weighted by molar-refractivity contribution is -0.117. The molecule has 14 heavy (non-hydrogen) atoms. The first-order valence-electron chi connectivity index (χ1n) is 4.86. The van der Waals surface area contributed by atoms with Gasteiger partial charge in [0.25, 0.3) is 0 Å². The molecule has 0 amide bonds. The van der Waals surface area contributed by atoms with Crippen LogP contribution in [0.3, 0.4) is 0 Å². The van der Waals surface area contributed by atoms with Gasteiger partial charge in [-0.2, -0.15) is 0 Å². The van der Waals surface area contributed by atoms with Crippen molar-refractivity contribution < 1.29 is 9.59 Å². The molecule has 0 radical (unpaired) electrons. The van der Waals surface area contributed by atoms with Crippen molar-refractivity contribution in [2.24, 2.45) is 0 Å². The summed E-state index contributed by atoms with van der Waals surface area (Å²) >= 11 is 6.25. The maximum absolute atomic E-state index is 10.9. The Morgan fingerprint density at radius 3 is 1.36 bits per heavy atom. The van der Waals surface area contributed by atoms with Crippen LogP contribution in [0.5, 0.6) is 0 Å². The van der Waals surface area contributed by atoms with E-state index in [0.29, 0.717) is 23.5 Å². The summed E-state index contributed by atoms with van der Waals surface area (Å²) < 4.78 is 0. The Labute approximate surface area is 102 Å². The molecule has 2 nitrogen and oxygen atoms in total. The third-order valence-electron chi connectivity index (χ3n) is 1.96. The molecule has 82 valence electrons. The number of Topliss-reactive ketones (excluding diaryl/α,β-unsaturated/α-hetero) is 2. The van der Waals surface area contributed by atoms with E-state index in [1.807, 2.05) is 0 Å². The minimum absolute atomic E-state index is 0.265. The van der Waals surface area contributed by atoms with Crippen molar-refractivity contribution in [1.29, 1.82) is 0 Å². The van der Waals surface area contributed by atoms with Gasteiger partial charge in [-0.15, -0.1) is 0 Å². The number of unbranched alkanes of at least 4 members (excludes halogenated alkanes) is 3. The predicted octanol–water partition coefficient (Wildman–Crippen LogP) is 3.26. The quantitative estimate of drug-likeness (QED) is 0.481. The highest BCUT2D eigenvalue weighted by Crippen LogP contribution is 2.07. The molecule has 0 spiro atoms. The van der Waals surface area contributed by atoms with Gasteiger partial charge in [0, 0.05) is 12.8 Å². The SMILES string of the molecule is O=C(CBr)CCCCCCC(=O)CBr. The summed E-state index contributed by atoms with van der Waals surface area (Å²) in [5.74, 6) is 0.531. The molecule has 0 bridgehead atoms. The molecule has 0 rings (SSSR count). The van der Waals surface area contributed by atoms with E-state index < -0.39 is 0 Å². The number of alkyl halides is 2. The van der Waals surface area contributed by atoms with Crippen LogP contribution in [0, 0.1) is 0 Å². The Morgan fingerprint density at radius 2 is 1.07 bits per heavy atom. The monoisotopic (exact) mass is 326 g/mol. The maximum Gasteiger partial charge on any atom is 0.143 e. The topological polar surface area (TPSA) is 34.1 Å². The van der Waals surface area contributed by atoms with E-state index in [9.17, 15) is 9.59 Å². The van der Waals surface area contributed by atoms with Crippen LogP contribution in [0.15, 0.2) is 0 Å². The first-order valence-corrected chi connectivity index (χ1v) is 7.10. The number of carbonyl (C=O) groups is 2. The zero-order valence-electron chi connectivity index (χ0n) is 8.23. The largest absolute Gasteiger partial charge is 0.299 e. The highest BCUT2D eigenvalue weighted by molar-refractivity contribution is 9.09. The smallest absolute Gasteiger partial charge is 0.143 e. The zero-order chi connectivity index (χ0) is 10.8. The molecular weight excluding hydrogens is 312 g/mol. The molecular formula is C10H16Br2O2. The minimum atomic E-state index is 0.265. The van der Waals surface area contributed by atoms with Crippen LogP contribution >= 0.6 is 31.9 Å². The van der Waals surface area contributed by atoms with E-state index in [1.54, 1.807) is 0 Å². The van der Waals surface area contributed by atoms with E-state index >= 15 is 0 Å². The summed E-state index contributed by atoms with van der Waals surface area (Å²) in [6.07, 6.45) is 5.33. The maximum atomic E-state index is 10.9. The second-order valence-corrected chi connectivity index (χ2v) is 4.38. The Kier molecular flexibility index (Phi) is 10.1. The molecule has 0 aliphatic rings. The number of hydrogen-bond donors (Lipinski definition) is 0. The Bertz CT molecular complexity index is 161. The van der Waals surface area contributed by atoms with Crippen LogP contribution in [0.1, 0.15) is 38.5 Å². The summed E-state index contributed by atoms with van der Waals surface area (Å²) in [6.45, 7) is 0. The second-order valence-electron chi connectivity index (χ2n) is 3.26. The first-order chi connectivity index (χ1) is 6.70. The average Bonchev–Trinajstić information content (AvgIpc) is 2.22. The van der Waals surface area contributed by atoms with Crippen LogP contribution < -0.4 is 0 Å². The van der Waals surface area contributed by atoms with Gasteiger partial charge in [0.05, 0.1) is 10.7 Å². The van der Waals surface area contributed by atoms with Gasteiger partial charge in [0.2, 0.25) is 0 Å². The Hall–Kier alpha value is 0.300. The zero-order valence-corrected chi connectivity index (χ0v) is 11.4. The van der Waals surface area contributed by atoms with E-state index in [2.05, 4.69) is 31.9 Å². The van der Waals surface area contributed by atoms with Crippen molar-refractivity contribution in [3.05, 3.63) is 0 Å². The normalized spacial score (nSPS) is 10.1. The average molecular weight is 328 g/mol. The lowest BCUT2D eigenvalue weighted by Crippen LogP contribution is -1.99. The molecule has 0 aromatic rings. The molecule has 0 N–H and O–H groups in total. The van der Waals surface area contributed by atoms with Gasteiger partial charge in [0.1, 0.15) is 11.6 Å². The lowest BCUT2D eigenvalue weighted by atomic mass is 10.1. The summed E-state index contributed by atoms with van der Waals surface area (Å²) in [7, 11) is 0. The summed E-state index contributed by atoms with van der Waals surface area (Å²) in [5.41, 5.74) is 0. The fraction of sp³-hybridized carbons (Fsp3) is 0.800. The number of ketones is 2. The molecule has 0 aromatic carbocycles. The molecule has 0 aromatic heterocycles. The van der Waals surface area contributed by atoms with Gasteiger partial charge in [-0.25, -0.2) is 0 Å². The van der Waals surface area contributed by atoms with E-state index in [4.69, 9.17) is 0 Å². The van der Waals surface area contributed by atoms with Gasteiger partial charge in [-0.1, -0.05) is 44.7 Å². The molecule has 0 heterocycles. The first kappa shape index (κ1) is 14.3. The van der Waals surface area contributed by atoms with Crippen LogP contribution in [-0.2, 0) is 9.59 Å². The molecule has 0 unspecified atom stereocenters. The van der Waals surface area contributed by atoms with Crippen LogP contribution in [0.2, 0.25) is 0 Å². The highest BCUT2D eigenvalue weighted by Gasteiger charge is 2.00. The standard InChI is InChI=1S/C10H16Br2O2/c11-7-9(13)5-3-1-2-4-6-10(14)8-12/h1-8H2. The minimum Gasteiger partial charge on any atom is -0.299 e. The van der Waals surface area contributed by atoms with Crippen molar-refractivity contribution in [3.63, 3.8) is 0 Å². The van der Waals surface area contributed by atoms with Gasteiger partial charge in [0.15, 0.2) is 0 Å². The molecule has 0 saturated heterocycles. The summed E-state index contributed by atoms with van der Waals surface area (Å²) in [6, 6.07) is 0. The lowest BCUT2D eigenvalue weighted by Gasteiger charge is -1.99. The number of carbonyl (C=O) groups excluding carboxylic acids is 2. The van der Waals surface area contributed by atoms with Gasteiger partial charge in [-0.05, 0) is 12.8 Å². The Balaban J connectivity index is 3.14. The van der Waals surface area contributed by atoms with E-state index in [0.717, 1.165) is 25.7 Å². The summed E-state index contributed by atoms with van der Waals surface area (Å²) in [4.78, 5) is 21.8. The molecule has 4 heteroatoms. The van der Waals surface area contributed by atoms with Crippen molar-refractivity contribution >= 4 is 43.4 Å².